The molecule has 0 bridgehead atoms. The zero-order chi connectivity index (χ0) is 23.8. The van der Waals surface area contributed by atoms with Crippen LogP contribution in [0, 0.1) is 23.7 Å². The number of hydrogen-bond acceptors (Lipinski definition) is 4. The Hall–Kier alpha value is -1.89. The number of aliphatic hydroxyl groups excluding tert-OH is 1. The minimum absolute atomic E-state index is 0.0201. The molecule has 33 heavy (non-hydrogen) atoms. The second kappa shape index (κ2) is 12.5. The molecule has 3 N–H and O–H groups in total. The van der Waals surface area contributed by atoms with E-state index in [1.807, 2.05) is 0 Å². The fraction of sp³-hybridized carbons (Fsp3) is 0.808. The molecule has 7 nitrogen and oxygen atoms in total. The van der Waals surface area contributed by atoms with Crippen molar-refractivity contribution in [3.63, 3.8) is 0 Å². The molecular weight excluding hydrogens is 418 g/mol. The van der Waals surface area contributed by atoms with Crippen LogP contribution in [0.2, 0.25) is 0 Å². The van der Waals surface area contributed by atoms with E-state index in [-0.39, 0.29) is 42.2 Å². The lowest BCUT2D eigenvalue weighted by Crippen LogP contribution is -2.50. The van der Waals surface area contributed by atoms with Gasteiger partial charge in [0, 0.05) is 32.2 Å². The standard InChI is InChI=1S/C26H43N3O4/c1-3-11-18-14-15-20-22(21(18)24(31)27-2)26(33)29(16-9-4-5-10-17-30)23(20)25(32)28-19-12-7-6-8-13-19/h14-15,18-23,30H,3-13,16-17H2,1-2H3,(H,27,31)(H,28,32)/t18-,20+,21-,22-,23+/m1/s1. The number of unbranched alkanes of at least 4 members (excludes halogenated alkanes) is 3. The van der Waals surface area contributed by atoms with E-state index < -0.39 is 17.9 Å². The predicted molar refractivity (Wildman–Crippen MR) is 128 cm³/mol. The molecule has 0 aromatic carbocycles. The van der Waals surface area contributed by atoms with Gasteiger partial charge in [-0.1, -0.05) is 57.6 Å². The third-order valence-electron chi connectivity index (χ3n) is 7.81. The normalized spacial score (nSPS) is 29.7. The van der Waals surface area contributed by atoms with Crippen LogP contribution >= 0.6 is 0 Å². The molecule has 3 amide bonds. The Bertz CT molecular complexity index is 704. The fourth-order valence-corrected chi connectivity index (χ4v) is 6.15. The highest BCUT2D eigenvalue weighted by molar-refractivity contribution is 5.96. The van der Waals surface area contributed by atoms with E-state index in [1.54, 1.807) is 11.9 Å². The number of nitrogens with zero attached hydrogens (tertiary/aromatic N) is 1. The largest absolute Gasteiger partial charge is 0.396 e. The molecular formula is C26H43N3O4. The number of nitrogens with one attached hydrogen (secondary N) is 2. The van der Waals surface area contributed by atoms with Crippen molar-refractivity contribution in [3.8, 4) is 0 Å². The Morgan fingerprint density at radius 3 is 2.45 bits per heavy atom. The number of likely N-dealkylation sites (tertiary alicyclic amines) is 1. The van der Waals surface area contributed by atoms with Crippen molar-refractivity contribution in [2.45, 2.75) is 89.6 Å². The fourth-order valence-electron chi connectivity index (χ4n) is 6.15. The van der Waals surface area contributed by atoms with Gasteiger partial charge in [-0.2, -0.15) is 0 Å². The van der Waals surface area contributed by atoms with E-state index in [9.17, 15) is 14.4 Å². The first-order chi connectivity index (χ1) is 16.0. The van der Waals surface area contributed by atoms with Crippen molar-refractivity contribution in [3.05, 3.63) is 12.2 Å². The predicted octanol–water partition coefficient (Wildman–Crippen LogP) is 2.78. The molecule has 0 unspecified atom stereocenters. The van der Waals surface area contributed by atoms with Gasteiger partial charge >= 0.3 is 0 Å². The molecule has 3 aliphatic rings. The number of allylic oxidation sites excluding steroid dienone is 1. The summed E-state index contributed by atoms with van der Waals surface area (Å²) in [7, 11) is 1.63. The number of aliphatic hydroxyl groups is 1. The molecule has 2 aliphatic carbocycles. The van der Waals surface area contributed by atoms with Crippen molar-refractivity contribution < 1.29 is 19.5 Å². The Labute approximate surface area is 198 Å². The number of fused-ring (bicyclic) bond motifs is 1. The Kier molecular flexibility index (Phi) is 9.78. The van der Waals surface area contributed by atoms with Gasteiger partial charge in [-0.15, -0.1) is 0 Å². The Morgan fingerprint density at radius 2 is 1.79 bits per heavy atom. The number of carbonyl (C=O) groups is 3. The van der Waals surface area contributed by atoms with Gasteiger partial charge in [-0.3, -0.25) is 14.4 Å². The lowest BCUT2D eigenvalue weighted by atomic mass is 9.68. The summed E-state index contributed by atoms with van der Waals surface area (Å²) in [6.45, 7) is 2.79. The summed E-state index contributed by atoms with van der Waals surface area (Å²) in [6, 6.07) is -0.366. The molecule has 5 atom stereocenters. The maximum absolute atomic E-state index is 13.7. The molecule has 1 heterocycles. The van der Waals surface area contributed by atoms with Gasteiger partial charge in [-0.25, -0.2) is 0 Å². The van der Waals surface area contributed by atoms with Crippen LogP contribution in [0.5, 0.6) is 0 Å². The van der Waals surface area contributed by atoms with Crippen molar-refractivity contribution in [1.82, 2.24) is 15.5 Å². The highest BCUT2D eigenvalue weighted by Gasteiger charge is 2.56. The summed E-state index contributed by atoms with van der Waals surface area (Å²) >= 11 is 0. The summed E-state index contributed by atoms with van der Waals surface area (Å²) < 4.78 is 0. The van der Waals surface area contributed by atoms with Gasteiger partial charge in [0.15, 0.2) is 0 Å². The smallest absolute Gasteiger partial charge is 0.243 e. The van der Waals surface area contributed by atoms with Gasteiger partial charge in [0.25, 0.3) is 0 Å². The summed E-state index contributed by atoms with van der Waals surface area (Å²) in [4.78, 5) is 42.0. The number of amides is 3. The molecule has 1 saturated heterocycles. The SMILES string of the molecule is CCC[C@@H]1C=C[C@H]2[C@@H](C(=O)N(CCCCCCO)[C@@H]2C(=O)NC2CCCCC2)[C@@H]1C(=O)NC. The molecule has 1 saturated carbocycles. The van der Waals surface area contributed by atoms with Crippen LogP contribution in [0.4, 0.5) is 0 Å². The van der Waals surface area contributed by atoms with E-state index in [4.69, 9.17) is 5.11 Å². The first-order valence-electron chi connectivity index (χ1n) is 13.1. The minimum atomic E-state index is -0.548. The lowest BCUT2D eigenvalue weighted by molar-refractivity contribution is -0.141. The van der Waals surface area contributed by atoms with E-state index in [1.165, 1.54) is 6.42 Å². The van der Waals surface area contributed by atoms with Crippen LogP contribution in [0.3, 0.4) is 0 Å². The molecule has 3 rings (SSSR count). The van der Waals surface area contributed by atoms with E-state index in [0.717, 1.165) is 64.2 Å². The van der Waals surface area contributed by atoms with Crippen molar-refractivity contribution in [2.24, 2.45) is 23.7 Å². The minimum Gasteiger partial charge on any atom is -0.396 e. The van der Waals surface area contributed by atoms with Crippen LogP contribution in [-0.4, -0.2) is 60.0 Å². The van der Waals surface area contributed by atoms with Gasteiger partial charge in [0.2, 0.25) is 17.7 Å². The highest BCUT2D eigenvalue weighted by Crippen LogP contribution is 2.45. The third kappa shape index (κ3) is 5.97. The molecule has 0 radical (unpaired) electrons. The van der Waals surface area contributed by atoms with Gasteiger partial charge in [0.1, 0.15) is 6.04 Å². The maximum atomic E-state index is 13.7. The zero-order valence-corrected chi connectivity index (χ0v) is 20.4. The first-order valence-corrected chi connectivity index (χ1v) is 13.1. The quantitative estimate of drug-likeness (QED) is 0.325. The van der Waals surface area contributed by atoms with Crippen molar-refractivity contribution in [1.29, 1.82) is 0 Å². The first kappa shape index (κ1) is 25.7. The molecule has 0 aromatic heterocycles. The Balaban J connectivity index is 1.84. The van der Waals surface area contributed by atoms with E-state index >= 15 is 0 Å². The number of carbonyl (C=O) groups excluding carboxylic acids is 3. The molecule has 186 valence electrons. The van der Waals surface area contributed by atoms with Crippen LogP contribution < -0.4 is 10.6 Å². The topological polar surface area (TPSA) is 98.7 Å². The molecule has 1 aliphatic heterocycles. The second-order valence-electron chi connectivity index (χ2n) is 10.0. The van der Waals surface area contributed by atoms with E-state index in [2.05, 4.69) is 29.7 Å². The maximum Gasteiger partial charge on any atom is 0.243 e. The van der Waals surface area contributed by atoms with Gasteiger partial charge < -0.3 is 20.6 Å². The van der Waals surface area contributed by atoms with Crippen molar-refractivity contribution >= 4 is 17.7 Å². The van der Waals surface area contributed by atoms with E-state index in [0.29, 0.717) is 6.54 Å². The second-order valence-corrected chi connectivity index (χ2v) is 10.0. The monoisotopic (exact) mass is 461 g/mol. The zero-order valence-electron chi connectivity index (χ0n) is 20.4. The molecule has 2 fully saturated rings. The van der Waals surface area contributed by atoms with Gasteiger partial charge in [0.05, 0.1) is 11.8 Å². The third-order valence-corrected chi connectivity index (χ3v) is 7.81. The Morgan fingerprint density at radius 1 is 1.06 bits per heavy atom. The van der Waals surface area contributed by atoms with Crippen LogP contribution in [0.1, 0.15) is 77.6 Å². The van der Waals surface area contributed by atoms with Crippen molar-refractivity contribution in [2.75, 3.05) is 20.2 Å². The summed E-state index contributed by atoms with van der Waals surface area (Å²) in [6.07, 6.45) is 14.8. The molecule has 0 spiro atoms. The van der Waals surface area contributed by atoms with Crippen LogP contribution in [0.25, 0.3) is 0 Å². The average Bonchev–Trinajstić information content (AvgIpc) is 3.11. The van der Waals surface area contributed by atoms with Gasteiger partial charge in [-0.05, 0) is 38.0 Å². The summed E-state index contributed by atoms with van der Waals surface area (Å²) in [5.74, 6) is -1.37. The molecule has 0 aromatic rings. The summed E-state index contributed by atoms with van der Waals surface area (Å²) in [5.41, 5.74) is 0. The highest BCUT2D eigenvalue weighted by atomic mass is 16.3. The lowest BCUT2D eigenvalue weighted by Gasteiger charge is -2.34. The van der Waals surface area contributed by atoms with Crippen LogP contribution in [-0.2, 0) is 14.4 Å². The number of hydrogen-bond donors (Lipinski definition) is 3. The molecule has 7 heteroatoms. The average molecular weight is 462 g/mol. The number of rotatable bonds is 11. The summed E-state index contributed by atoms with van der Waals surface area (Å²) in [5, 5.41) is 15.1. The van der Waals surface area contributed by atoms with Crippen LogP contribution in [0.15, 0.2) is 12.2 Å².